The van der Waals surface area contributed by atoms with Gasteiger partial charge in [-0.25, -0.2) is 0 Å². The lowest BCUT2D eigenvalue weighted by molar-refractivity contribution is -0.124. The molecule has 1 aromatic rings. The molecule has 1 atom stereocenters. The predicted octanol–water partition coefficient (Wildman–Crippen LogP) is 2.01. The van der Waals surface area contributed by atoms with E-state index >= 15 is 0 Å². The summed E-state index contributed by atoms with van der Waals surface area (Å²) in [4.78, 5) is 22.9. The SMILES string of the molecule is CCCc1ccc(NC(=O)C(CS)NC(C)=O)cc1. The molecule has 19 heavy (non-hydrogen) atoms. The van der Waals surface area contributed by atoms with Crippen molar-refractivity contribution in [2.24, 2.45) is 0 Å². The molecule has 5 heteroatoms. The number of thiol groups is 1. The van der Waals surface area contributed by atoms with Crippen LogP contribution in [0.4, 0.5) is 5.69 Å². The average Bonchev–Trinajstić information content (AvgIpc) is 2.38. The van der Waals surface area contributed by atoms with Crippen molar-refractivity contribution in [2.45, 2.75) is 32.7 Å². The first kappa shape index (κ1) is 15.6. The Morgan fingerprint density at radius 3 is 2.37 bits per heavy atom. The molecule has 0 aliphatic carbocycles. The van der Waals surface area contributed by atoms with Gasteiger partial charge in [-0.2, -0.15) is 12.6 Å². The lowest BCUT2D eigenvalue weighted by Crippen LogP contribution is -2.44. The molecule has 0 saturated heterocycles. The van der Waals surface area contributed by atoms with E-state index in [0.717, 1.165) is 18.5 Å². The van der Waals surface area contributed by atoms with Crippen LogP contribution in [0.2, 0.25) is 0 Å². The molecule has 0 fully saturated rings. The molecular formula is C14H20N2O2S. The fraction of sp³-hybridized carbons (Fsp3) is 0.429. The highest BCUT2D eigenvalue weighted by atomic mass is 32.1. The largest absolute Gasteiger partial charge is 0.344 e. The summed E-state index contributed by atoms with van der Waals surface area (Å²) in [5.41, 5.74) is 1.97. The van der Waals surface area contributed by atoms with Crippen molar-refractivity contribution < 1.29 is 9.59 Å². The van der Waals surface area contributed by atoms with Gasteiger partial charge in [0.15, 0.2) is 0 Å². The van der Waals surface area contributed by atoms with Gasteiger partial charge in [-0.3, -0.25) is 9.59 Å². The fourth-order valence-corrected chi connectivity index (χ4v) is 1.97. The van der Waals surface area contributed by atoms with Gasteiger partial charge in [0, 0.05) is 18.4 Å². The molecule has 0 aliphatic rings. The van der Waals surface area contributed by atoms with Crippen LogP contribution in [0.25, 0.3) is 0 Å². The number of rotatable bonds is 6. The molecular weight excluding hydrogens is 260 g/mol. The van der Waals surface area contributed by atoms with E-state index in [0.29, 0.717) is 0 Å². The van der Waals surface area contributed by atoms with Crippen LogP contribution in [0.15, 0.2) is 24.3 Å². The maximum atomic E-state index is 11.9. The second kappa shape index (κ2) is 7.84. The molecule has 4 nitrogen and oxygen atoms in total. The van der Waals surface area contributed by atoms with Crippen molar-refractivity contribution in [2.75, 3.05) is 11.1 Å². The Hall–Kier alpha value is -1.49. The molecule has 1 aromatic carbocycles. The van der Waals surface area contributed by atoms with E-state index < -0.39 is 6.04 Å². The smallest absolute Gasteiger partial charge is 0.247 e. The maximum absolute atomic E-state index is 11.9. The Balaban J connectivity index is 2.62. The fourth-order valence-electron chi connectivity index (χ4n) is 1.71. The number of carbonyl (C=O) groups is 2. The van der Waals surface area contributed by atoms with E-state index in [-0.39, 0.29) is 17.6 Å². The zero-order valence-electron chi connectivity index (χ0n) is 11.3. The van der Waals surface area contributed by atoms with Crippen LogP contribution in [0, 0.1) is 0 Å². The lowest BCUT2D eigenvalue weighted by atomic mass is 10.1. The molecule has 0 bridgehead atoms. The zero-order valence-corrected chi connectivity index (χ0v) is 12.2. The first-order valence-corrected chi connectivity index (χ1v) is 6.97. The first-order valence-electron chi connectivity index (χ1n) is 6.34. The second-order valence-electron chi connectivity index (χ2n) is 4.37. The van der Waals surface area contributed by atoms with Gasteiger partial charge in [0.1, 0.15) is 6.04 Å². The zero-order chi connectivity index (χ0) is 14.3. The summed E-state index contributed by atoms with van der Waals surface area (Å²) in [6.45, 7) is 3.50. The highest BCUT2D eigenvalue weighted by molar-refractivity contribution is 7.80. The van der Waals surface area contributed by atoms with Gasteiger partial charge >= 0.3 is 0 Å². The van der Waals surface area contributed by atoms with Gasteiger partial charge in [-0.15, -0.1) is 0 Å². The Morgan fingerprint density at radius 1 is 1.26 bits per heavy atom. The van der Waals surface area contributed by atoms with E-state index in [1.165, 1.54) is 12.5 Å². The molecule has 0 heterocycles. The van der Waals surface area contributed by atoms with Crippen LogP contribution in [0.5, 0.6) is 0 Å². The minimum Gasteiger partial charge on any atom is -0.344 e. The number of amides is 2. The minimum atomic E-state index is -0.615. The summed E-state index contributed by atoms with van der Waals surface area (Å²) in [5.74, 6) is -0.236. The van der Waals surface area contributed by atoms with Crippen molar-refractivity contribution in [3.8, 4) is 0 Å². The lowest BCUT2D eigenvalue weighted by Gasteiger charge is -2.15. The summed E-state index contributed by atoms with van der Waals surface area (Å²) in [6.07, 6.45) is 2.12. The molecule has 0 spiro atoms. The van der Waals surface area contributed by atoms with Crippen molar-refractivity contribution >= 4 is 30.1 Å². The van der Waals surface area contributed by atoms with E-state index in [1.807, 2.05) is 24.3 Å². The van der Waals surface area contributed by atoms with E-state index in [2.05, 4.69) is 30.2 Å². The van der Waals surface area contributed by atoms with Crippen molar-refractivity contribution in [1.29, 1.82) is 0 Å². The Kier molecular flexibility index (Phi) is 6.42. The van der Waals surface area contributed by atoms with Crippen LogP contribution >= 0.6 is 12.6 Å². The first-order chi connectivity index (χ1) is 9.06. The normalized spacial score (nSPS) is 11.7. The third-order valence-corrected chi connectivity index (χ3v) is 3.00. The molecule has 2 N–H and O–H groups in total. The monoisotopic (exact) mass is 280 g/mol. The number of aryl methyl sites for hydroxylation is 1. The summed E-state index contributed by atoms with van der Waals surface area (Å²) in [5, 5.41) is 5.32. The van der Waals surface area contributed by atoms with Crippen LogP contribution in [-0.4, -0.2) is 23.6 Å². The van der Waals surface area contributed by atoms with Gasteiger partial charge < -0.3 is 10.6 Å². The number of anilines is 1. The second-order valence-corrected chi connectivity index (χ2v) is 4.74. The maximum Gasteiger partial charge on any atom is 0.247 e. The van der Waals surface area contributed by atoms with Crippen molar-refractivity contribution in [3.05, 3.63) is 29.8 Å². The van der Waals surface area contributed by atoms with Gasteiger partial charge in [0.2, 0.25) is 11.8 Å². The highest BCUT2D eigenvalue weighted by Crippen LogP contribution is 2.11. The molecule has 1 rings (SSSR count). The van der Waals surface area contributed by atoms with E-state index in [1.54, 1.807) is 0 Å². The number of benzene rings is 1. The number of hydrogen-bond acceptors (Lipinski definition) is 3. The van der Waals surface area contributed by atoms with Gasteiger partial charge in [-0.1, -0.05) is 25.5 Å². The van der Waals surface area contributed by atoms with Crippen LogP contribution in [0.1, 0.15) is 25.8 Å². The van der Waals surface area contributed by atoms with E-state index in [4.69, 9.17) is 0 Å². The Labute approximate surface area is 119 Å². The summed E-state index contributed by atoms with van der Waals surface area (Å²) >= 11 is 4.06. The molecule has 0 radical (unpaired) electrons. The number of carbonyl (C=O) groups excluding carboxylic acids is 2. The molecule has 0 aliphatic heterocycles. The summed E-state index contributed by atoms with van der Waals surface area (Å²) < 4.78 is 0. The van der Waals surface area contributed by atoms with Crippen molar-refractivity contribution in [3.63, 3.8) is 0 Å². The third kappa shape index (κ3) is 5.34. The van der Waals surface area contributed by atoms with E-state index in [9.17, 15) is 9.59 Å². The van der Waals surface area contributed by atoms with Crippen LogP contribution in [-0.2, 0) is 16.0 Å². The predicted molar refractivity (Wildman–Crippen MR) is 80.5 cm³/mol. The standard InChI is InChI=1S/C14H20N2O2S/c1-3-4-11-5-7-12(8-6-11)16-14(18)13(9-19)15-10(2)17/h5-8,13,19H,3-4,9H2,1-2H3,(H,15,17)(H,16,18). The minimum absolute atomic E-state index is 0.243. The highest BCUT2D eigenvalue weighted by Gasteiger charge is 2.17. The van der Waals surface area contributed by atoms with Gasteiger partial charge in [0.05, 0.1) is 0 Å². The van der Waals surface area contributed by atoms with Crippen molar-refractivity contribution in [1.82, 2.24) is 5.32 Å². The number of hydrogen-bond donors (Lipinski definition) is 3. The van der Waals surface area contributed by atoms with Crippen LogP contribution in [0.3, 0.4) is 0 Å². The summed E-state index contributed by atoms with van der Waals surface area (Å²) in [6, 6.07) is 7.11. The molecule has 104 valence electrons. The number of nitrogens with one attached hydrogen (secondary N) is 2. The molecule has 0 saturated carbocycles. The topological polar surface area (TPSA) is 58.2 Å². The van der Waals surface area contributed by atoms with Crippen LogP contribution < -0.4 is 10.6 Å². The molecule has 1 unspecified atom stereocenters. The quantitative estimate of drug-likeness (QED) is 0.698. The molecule has 0 aromatic heterocycles. The average molecular weight is 280 g/mol. The third-order valence-electron chi connectivity index (χ3n) is 2.64. The Morgan fingerprint density at radius 2 is 1.89 bits per heavy atom. The van der Waals surface area contributed by atoms with Gasteiger partial charge in [0.25, 0.3) is 0 Å². The Bertz CT molecular complexity index is 432. The summed E-state index contributed by atoms with van der Waals surface area (Å²) in [7, 11) is 0. The molecule has 2 amide bonds. The van der Waals surface area contributed by atoms with Gasteiger partial charge in [-0.05, 0) is 24.1 Å².